The number of phenolic OH excluding ortho intramolecular Hbond substituents is 1. The van der Waals surface area contributed by atoms with Crippen LogP contribution in [0.1, 0.15) is 117 Å². The SMILES string of the molecule is CC1(C)CC[C@]2(C(=O)O)CC=C3[C@]4(C)CC[C@H]5C(C)(C)[C@@H](OC(=O)c6ccc(O)cc6)[C@H](O)C[C@]5(C)[C@H]4CC[C@@]3(C)[C@@H]2C1. The maximum atomic E-state index is 13.1. The van der Waals surface area contributed by atoms with E-state index in [2.05, 4.69) is 54.5 Å². The van der Waals surface area contributed by atoms with Crippen molar-refractivity contribution in [2.75, 3.05) is 0 Å². The number of carbonyl (C=O) groups is 2. The second-order valence-electron chi connectivity index (χ2n) is 17.2. The van der Waals surface area contributed by atoms with Crippen molar-refractivity contribution in [3.8, 4) is 5.75 Å². The van der Waals surface area contributed by atoms with Gasteiger partial charge < -0.3 is 20.1 Å². The minimum atomic E-state index is -0.785. The molecule has 4 fully saturated rings. The fourth-order valence-corrected chi connectivity index (χ4v) is 12.0. The first-order valence-electron chi connectivity index (χ1n) is 16.5. The smallest absolute Gasteiger partial charge is 0.338 e. The number of carboxylic acids is 1. The molecule has 0 spiro atoms. The summed E-state index contributed by atoms with van der Waals surface area (Å²) in [5, 5.41) is 32.0. The van der Waals surface area contributed by atoms with E-state index in [-0.39, 0.29) is 39.2 Å². The van der Waals surface area contributed by atoms with Gasteiger partial charge in [-0.15, -0.1) is 0 Å². The minimum absolute atomic E-state index is 0.0597. The van der Waals surface area contributed by atoms with E-state index in [0.29, 0.717) is 24.3 Å². The zero-order valence-corrected chi connectivity index (χ0v) is 27.2. The number of aliphatic hydroxyl groups excluding tert-OH is 1. The third-order valence-corrected chi connectivity index (χ3v) is 14.0. The number of benzene rings is 1. The van der Waals surface area contributed by atoms with Crippen molar-refractivity contribution >= 4 is 11.9 Å². The summed E-state index contributed by atoms with van der Waals surface area (Å²) in [4.78, 5) is 26.1. The van der Waals surface area contributed by atoms with Gasteiger partial charge in [-0.2, -0.15) is 0 Å². The van der Waals surface area contributed by atoms with Crippen LogP contribution in [0.5, 0.6) is 5.75 Å². The third kappa shape index (κ3) is 4.28. The van der Waals surface area contributed by atoms with Crippen molar-refractivity contribution < 1.29 is 29.6 Å². The first-order chi connectivity index (χ1) is 19.9. The van der Waals surface area contributed by atoms with Crippen molar-refractivity contribution in [3.63, 3.8) is 0 Å². The van der Waals surface area contributed by atoms with Gasteiger partial charge in [0.2, 0.25) is 0 Å². The van der Waals surface area contributed by atoms with Crippen LogP contribution in [0.25, 0.3) is 0 Å². The molecule has 6 rings (SSSR count). The van der Waals surface area contributed by atoms with Crippen LogP contribution in [0.2, 0.25) is 0 Å². The van der Waals surface area contributed by atoms with Crippen LogP contribution in [0.15, 0.2) is 35.9 Å². The molecule has 5 aliphatic rings. The molecule has 1 aromatic carbocycles. The molecule has 236 valence electrons. The van der Waals surface area contributed by atoms with Crippen molar-refractivity contribution in [1.29, 1.82) is 0 Å². The largest absolute Gasteiger partial charge is 0.508 e. The fraction of sp³-hybridized carbons (Fsp3) is 0.730. The Balaban J connectivity index is 1.32. The number of ether oxygens (including phenoxy) is 1. The molecule has 0 amide bonds. The highest BCUT2D eigenvalue weighted by atomic mass is 16.6. The Hall–Kier alpha value is -2.34. The number of rotatable bonds is 3. The summed E-state index contributed by atoms with van der Waals surface area (Å²) in [6.45, 7) is 16.2. The maximum Gasteiger partial charge on any atom is 0.338 e. The number of allylic oxidation sites excluding steroid dienone is 2. The average Bonchev–Trinajstić information content (AvgIpc) is 2.90. The third-order valence-electron chi connectivity index (χ3n) is 14.0. The molecule has 0 radical (unpaired) electrons. The zero-order chi connectivity index (χ0) is 31.4. The van der Waals surface area contributed by atoms with Crippen LogP contribution in [-0.4, -0.2) is 39.5 Å². The van der Waals surface area contributed by atoms with E-state index in [0.717, 1.165) is 44.9 Å². The molecular weight excluding hydrogens is 540 g/mol. The second-order valence-corrected chi connectivity index (χ2v) is 17.2. The molecule has 0 unspecified atom stereocenters. The maximum absolute atomic E-state index is 13.1. The first kappa shape index (κ1) is 30.7. The Morgan fingerprint density at radius 1 is 0.814 bits per heavy atom. The van der Waals surface area contributed by atoms with Crippen molar-refractivity contribution in [2.24, 2.45) is 50.2 Å². The highest BCUT2D eigenvalue weighted by Gasteiger charge is 2.69. The van der Waals surface area contributed by atoms with E-state index in [1.165, 1.54) is 17.7 Å². The van der Waals surface area contributed by atoms with Gasteiger partial charge in [0.1, 0.15) is 11.9 Å². The van der Waals surface area contributed by atoms with Crippen LogP contribution in [0.4, 0.5) is 0 Å². The second kappa shape index (κ2) is 9.58. The highest BCUT2D eigenvalue weighted by Crippen LogP contribution is 2.75. The number of aliphatic hydroxyl groups is 1. The Labute approximate surface area is 257 Å². The van der Waals surface area contributed by atoms with Crippen LogP contribution in [-0.2, 0) is 9.53 Å². The number of esters is 1. The van der Waals surface area contributed by atoms with E-state index >= 15 is 0 Å². The molecule has 4 saturated carbocycles. The lowest BCUT2D eigenvalue weighted by molar-refractivity contribution is -0.219. The van der Waals surface area contributed by atoms with Gasteiger partial charge in [-0.05, 0) is 121 Å². The number of hydrogen-bond acceptors (Lipinski definition) is 5. The number of aliphatic carboxylic acids is 1. The van der Waals surface area contributed by atoms with Crippen LogP contribution in [0, 0.1) is 50.2 Å². The van der Waals surface area contributed by atoms with Gasteiger partial charge in [0.05, 0.1) is 17.1 Å². The Bertz CT molecular complexity index is 1340. The molecule has 0 heterocycles. The summed E-state index contributed by atoms with van der Waals surface area (Å²) in [5.74, 6) is -0.249. The summed E-state index contributed by atoms with van der Waals surface area (Å²) >= 11 is 0. The van der Waals surface area contributed by atoms with Gasteiger partial charge in [0.25, 0.3) is 0 Å². The Kier molecular flexibility index (Phi) is 6.83. The standard InChI is InChI=1S/C37H52O6/c1-32(2)18-19-37(31(41)42)17-14-26-34(5)15-12-25-33(3,4)29(43-30(40)22-8-10-23(38)11-9-22)24(39)20-36(25,7)27(34)13-16-35(26,6)28(37)21-32/h8-11,14,24-25,27-29,38-39H,12-13,15-21H2,1-7H3,(H,41,42)/t24-,25+,27+,28+,29+,34+,35-,36+,37-/m1/s1. The van der Waals surface area contributed by atoms with Gasteiger partial charge in [0, 0.05) is 5.41 Å². The predicted octanol–water partition coefficient (Wildman–Crippen LogP) is 7.77. The van der Waals surface area contributed by atoms with E-state index in [4.69, 9.17) is 4.74 Å². The molecule has 0 bridgehead atoms. The molecule has 9 atom stereocenters. The molecule has 3 N–H and O–H groups in total. The average molecular weight is 593 g/mol. The molecule has 43 heavy (non-hydrogen) atoms. The Morgan fingerprint density at radius 2 is 1.42 bits per heavy atom. The van der Waals surface area contributed by atoms with Crippen molar-refractivity contribution in [2.45, 2.75) is 118 Å². The normalized spacial score (nSPS) is 44.5. The van der Waals surface area contributed by atoms with Gasteiger partial charge in [-0.1, -0.05) is 60.1 Å². The van der Waals surface area contributed by atoms with Gasteiger partial charge in [0.15, 0.2) is 0 Å². The zero-order valence-electron chi connectivity index (χ0n) is 27.2. The molecule has 5 aliphatic carbocycles. The van der Waals surface area contributed by atoms with Gasteiger partial charge in [-0.25, -0.2) is 4.79 Å². The number of fused-ring (bicyclic) bond motifs is 7. The molecule has 0 aliphatic heterocycles. The number of hydrogen-bond donors (Lipinski definition) is 3. The number of carboxylic acid groups (broad SMARTS) is 1. The van der Waals surface area contributed by atoms with Crippen molar-refractivity contribution in [1.82, 2.24) is 0 Å². The van der Waals surface area contributed by atoms with Crippen LogP contribution in [0.3, 0.4) is 0 Å². The van der Waals surface area contributed by atoms with Crippen LogP contribution >= 0.6 is 0 Å². The molecule has 6 heteroatoms. The monoisotopic (exact) mass is 592 g/mol. The lowest BCUT2D eigenvalue weighted by atomic mass is 9.34. The predicted molar refractivity (Wildman–Crippen MR) is 165 cm³/mol. The minimum Gasteiger partial charge on any atom is -0.508 e. The molecule has 0 aromatic heterocycles. The van der Waals surface area contributed by atoms with E-state index in [1.807, 2.05) is 0 Å². The van der Waals surface area contributed by atoms with Crippen LogP contribution < -0.4 is 0 Å². The lowest BCUT2D eigenvalue weighted by Gasteiger charge is -2.70. The highest BCUT2D eigenvalue weighted by molar-refractivity contribution is 5.89. The summed E-state index contributed by atoms with van der Waals surface area (Å²) < 4.78 is 6.08. The quantitative estimate of drug-likeness (QED) is 0.245. The van der Waals surface area contributed by atoms with E-state index < -0.39 is 35.0 Å². The molecular formula is C37H52O6. The van der Waals surface area contributed by atoms with Gasteiger partial charge in [-0.3, -0.25) is 4.79 Å². The van der Waals surface area contributed by atoms with Gasteiger partial charge >= 0.3 is 11.9 Å². The summed E-state index contributed by atoms with van der Waals surface area (Å²) in [6.07, 6.45) is 8.82. The van der Waals surface area contributed by atoms with E-state index in [9.17, 15) is 24.9 Å². The van der Waals surface area contributed by atoms with Crippen molar-refractivity contribution in [3.05, 3.63) is 41.5 Å². The molecule has 1 aromatic rings. The summed E-state index contributed by atoms with van der Waals surface area (Å²) in [6, 6.07) is 6.06. The number of phenols is 1. The van der Waals surface area contributed by atoms with E-state index in [1.54, 1.807) is 12.1 Å². The first-order valence-corrected chi connectivity index (χ1v) is 16.5. The topological polar surface area (TPSA) is 104 Å². The fourth-order valence-electron chi connectivity index (χ4n) is 12.0. The number of aromatic hydroxyl groups is 1. The summed E-state index contributed by atoms with van der Waals surface area (Å²) in [7, 11) is 0. The summed E-state index contributed by atoms with van der Waals surface area (Å²) in [5.41, 5.74) is 0.536. The number of carbonyl (C=O) groups excluding carboxylic acids is 1. The molecule has 6 nitrogen and oxygen atoms in total. The Morgan fingerprint density at radius 3 is 2.05 bits per heavy atom. The lowest BCUT2D eigenvalue weighted by Crippen LogP contribution is -2.66. The molecule has 0 saturated heterocycles.